The first-order chi connectivity index (χ1) is 10.7. The first-order valence-corrected chi connectivity index (χ1v) is 8.76. The predicted molar refractivity (Wildman–Crippen MR) is 88.5 cm³/mol. The Morgan fingerprint density at radius 1 is 1.32 bits per heavy atom. The van der Waals surface area contributed by atoms with Crippen LogP contribution < -0.4 is 15.2 Å². The molecular weight excluding hydrogens is 296 g/mol. The third kappa shape index (κ3) is 2.07. The largest absolute Gasteiger partial charge is 0.494 e. The third-order valence-corrected chi connectivity index (χ3v) is 5.61. The van der Waals surface area contributed by atoms with Gasteiger partial charge in [-0.15, -0.1) is 0 Å². The summed E-state index contributed by atoms with van der Waals surface area (Å²) in [5.74, 6) is 1.73. The SMILES string of the molecule is CCOc1ccc2c(c1)OC1(CCCCC1)c1sc(N)nc1-2. The van der Waals surface area contributed by atoms with Gasteiger partial charge in [-0.3, -0.25) is 0 Å². The number of rotatable bonds is 2. The normalized spacial score (nSPS) is 18.4. The smallest absolute Gasteiger partial charge is 0.180 e. The zero-order chi connectivity index (χ0) is 15.2. The molecular formula is C17H20N2O2S. The number of hydrogen-bond donors (Lipinski definition) is 1. The molecule has 22 heavy (non-hydrogen) atoms. The zero-order valence-corrected chi connectivity index (χ0v) is 13.5. The van der Waals surface area contributed by atoms with Crippen LogP contribution in [0.1, 0.15) is 43.9 Å². The van der Waals surface area contributed by atoms with Gasteiger partial charge in [0.05, 0.1) is 17.2 Å². The van der Waals surface area contributed by atoms with E-state index in [0.29, 0.717) is 11.7 Å². The Morgan fingerprint density at radius 2 is 2.14 bits per heavy atom. The molecule has 0 bridgehead atoms. The van der Waals surface area contributed by atoms with E-state index in [1.165, 1.54) is 24.1 Å². The summed E-state index contributed by atoms with van der Waals surface area (Å²) in [4.78, 5) is 5.80. The third-order valence-electron chi connectivity index (χ3n) is 4.54. The molecule has 4 nitrogen and oxygen atoms in total. The van der Waals surface area contributed by atoms with E-state index in [9.17, 15) is 0 Å². The minimum atomic E-state index is -0.235. The van der Waals surface area contributed by atoms with Crippen molar-refractivity contribution in [3.8, 4) is 22.8 Å². The quantitative estimate of drug-likeness (QED) is 0.895. The van der Waals surface area contributed by atoms with Gasteiger partial charge in [0.15, 0.2) is 5.13 Å². The van der Waals surface area contributed by atoms with Crippen molar-refractivity contribution < 1.29 is 9.47 Å². The van der Waals surface area contributed by atoms with Gasteiger partial charge in [-0.05, 0) is 44.7 Å². The molecule has 0 atom stereocenters. The van der Waals surface area contributed by atoms with Gasteiger partial charge in [0.1, 0.15) is 17.1 Å². The van der Waals surface area contributed by atoms with Crippen LogP contribution in [0, 0.1) is 0 Å². The number of nitrogen functional groups attached to an aromatic ring is 1. The van der Waals surface area contributed by atoms with Gasteiger partial charge in [-0.1, -0.05) is 17.8 Å². The van der Waals surface area contributed by atoms with E-state index in [1.807, 2.05) is 25.1 Å². The highest BCUT2D eigenvalue weighted by Gasteiger charge is 2.44. The molecule has 5 heteroatoms. The standard InChI is InChI=1S/C17H20N2O2S/c1-2-20-11-6-7-12-13(10-11)21-17(8-4-3-5-9-17)15-14(12)19-16(18)22-15/h6-7,10H,2-5,8-9H2,1H3,(H2,18,19). The molecule has 1 saturated carbocycles. The summed E-state index contributed by atoms with van der Waals surface area (Å²) < 4.78 is 12.1. The fourth-order valence-corrected chi connectivity index (χ4v) is 4.61. The summed E-state index contributed by atoms with van der Waals surface area (Å²) in [6.45, 7) is 2.64. The van der Waals surface area contributed by atoms with Crippen molar-refractivity contribution in [3.63, 3.8) is 0 Å². The Bertz CT molecular complexity index is 705. The molecule has 0 saturated heterocycles. The number of fused-ring (bicyclic) bond motifs is 4. The van der Waals surface area contributed by atoms with Gasteiger partial charge < -0.3 is 15.2 Å². The van der Waals surface area contributed by atoms with Crippen LogP contribution in [0.15, 0.2) is 18.2 Å². The maximum absolute atomic E-state index is 6.52. The number of thiazole rings is 1. The lowest BCUT2D eigenvalue weighted by atomic mass is 9.80. The highest BCUT2D eigenvalue weighted by atomic mass is 32.1. The second-order valence-electron chi connectivity index (χ2n) is 5.98. The summed E-state index contributed by atoms with van der Waals surface area (Å²) in [7, 11) is 0. The van der Waals surface area contributed by atoms with Crippen LogP contribution in [0.5, 0.6) is 11.5 Å². The van der Waals surface area contributed by atoms with Crippen LogP contribution in [0.4, 0.5) is 5.13 Å². The molecule has 0 unspecified atom stereocenters. The molecule has 1 aliphatic heterocycles. The minimum Gasteiger partial charge on any atom is -0.494 e. The average Bonchev–Trinajstić information content (AvgIpc) is 2.91. The molecule has 0 radical (unpaired) electrons. The lowest BCUT2D eigenvalue weighted by Crippen LogP contribution is -2.37. The first-order valence-electron chi connectivity index (χ1n) is 7.95. The number of anilines is 1. The van der Waals surface area contributed by atoms with Crippen LogP contribution in [0.3, 0.4) is 0 Å². The van der Waals surface area contributed by atoms with Gasteiger partial charge >= 0.3 is 0 Å². The molecule has 1 aromatic heterocycles. The number of nitrogens with two attached hydrogens (primary N) is 1. The number of aromatic nitrogens is 1. The van der Waals surface area contributed by atoms with E-state index >= 15 is 0 Å². The first kappa shape index (κ1) is 13.9. The van der Waals surface area contributed by atoms with Crippen molar-refractivity contribution in [1.82, 2.24) is 4.98 Å². The van der Waals surface area contributed by atoms with Gasteiger partial charge in [0.25, 0.3) is 0 Å². The molecule has 2 heterocycles. The zero-order valence-electron chi connectivity index (χ0n) is 12.7. The van der Waals surface area contributed by atoms with Crippen LogP contribution in [-0.4, -0.2) is 11.6 Å². The molecule has 4 rings (SSSR count). The Balaban J connectivity index is 1.86. The molecule has 116 valence electrons. The maximum atomic E-state index is 6.52. The van der Waals surface area contributed by atoms with Crippen LogP contribution in [0.2, 0.25) is 0 Å². The Kier molecular flexibility index (Phi) is 3.26. The monoisotopic (exact) mass is 316 g/mol. The van der Waals surface area contributed by atoms with Crippen LogP contribution in [0.25, 0.3) is 11.3 Å². The molecule has 2 aliphatic rings. The van der Waals surface area contributed by atoms with Crippen molar-refractivity contribution in [3.05, 3.63) is 23.1 Å². The number of benzene rings is 1. The summed E-state index contributed by atoms with van der Waals surface area (Å²) >= 11 is 1.58. The fraction of sp³-hybridized carbons (Fsp3) is 0.471. The summed E-state index contributed by atoms with van der Waals surface area (Å²) in [5.41, 5.74) is 7.81. The van der Waals surface area contributed by atoms with Gasteiger partial charge in [-0.25, -0.2) is 4.98 Å². The van der Waals surface area contributed by atoms with E-state index in [2.05, 4.69) is 4.98 Å². The molecule has 0 amide bonds. The molecule has 1 aliphatic carbocycles. The highest BCUT2D eigenvalue weighted by Crippen LogP contribution is 2.53. The summed E-state index contributed by atoms with van der Waals surface area (Å²) in [5, 5.41) is 0.625. The van der Waals surface area contributed by atoms with Gasteiger partial charge in [0, 0.05) is 11.6 Å². The number of hydrogen-bond acceptors (Lipinski definition) is 5. The highest BCUT2D eigenvalue weighted by molar-refractivity contribution is 7.16. The van der Waals surface area contributed by atoms with E-state index < -0.39 is 0 Å². The molecule has 2 aromatic rings. The van der Waals surface area contributed by atoms with E-state index in [0.717, 1.165) is 35.6 Å². The maximum Gasteiger partial charge on any atom is 0.180 e. The van der Waals surface area contributed by atoms with Gasteiger partial charge in [-0.2, -0.15) is 0 Å². The fourth-order valence-electron chi connectivity index (χ4n) is 3.58. The number of nitrogens with zero attached hydrogens (tertiary/aromatic N) is 1. The Morgan fingerprint density at radius 3 is 2.91 bits per heavy atom. The lowest BCUT2D eigenvalue weighted by molar-refractivity contribution is 0.0271. The second-order valence-corrected chi connectivity index (χ2v) is 7.01. The van der Waals surface area contributed by atoms with Crippen molar-refractivity contribution in [2.45, 2.75) is 44.6 Å². The second kappa shape index (κ2) is 5.16. The van der Waals surface area contributed by atoms with Gasteiger partial charge in [0.2, 0.25) is 0 Å². The number of ether oxygens (including phenoxy) is 2. The van der Waals surface area contributed by atoms with E-state index in [1.54, 1.807) is 11.3 Å². The molecule has 2 N–H and O–H groups in total. The lowest BCUT2D eigenvalue weighted by Gasteiger charge is -2.40. The minimum absolute atomic E-state index is 0.235. The van der Waals surface area contributed by atoms with Crippen molar-refractivity contribution in [2.75, 3.05) is 12.3 Å². The molecule has 1 spiro atoms. The topological polar surface area (TPSA) is 57.4 Å². The van der Waals surface area contributed by atoms with Crippen molar-refractivity contribution >= 4 is 16.5 Å². The summed E-state index contributed by atoms with van der Waals surface area (Å²) in [6, 6.07) is 6.01. The van der Waals surface area contributed by atoms with E-state index in [-0.39, 0.29) is 5.60 Å². The summed E-state index contributed by atoms with van der Waals surface area (Å²) in [6.07, 6.45) is 5.75. The Hall–Kier alpha value is -1.75. The average molecular weight is 316 g/mol. The van der Waals surface area contributed by atoms with Crippen LogP contribution >= 0.6 is 11.3 Å². The predicted octanol–water partition coefficient (Wildman–Crippen LogP) is 4.34. The van der Waals surface area contributed by atoms with Crippen molar-refractivity contribution in [1.29, 1.82) is 0 Å². The van der Waals surface area contributed by atoms with Crippen LogP contribution in [-0.2, 0) is 5.60 Å². The van der Waals surface area contributed by atoms with E-state index in [4.69, 9.17) is 15.2 Å². The molecule has 1 aromatic carbocycles. The Labute approximate surface area is 134 Å². The molecule has 1 fully saturated rings. The van der Waals surface area contributed by atoms with Crippen molar-refractivity contribution in [2.24, 2.45) is 0 Å².